The summed E-state index contributed by atoms with van der Waals surface area (Å²) in [6.45, 7) is 3.46. The molecule has 0 aromatic heterocycles. The van der Waals surface area contributed by atoms with Crippen LogP contribution in [0.1, 0.15) is 57.8 Å². The molecule has 8 heteroatoms. The molecular weight excluding hydrogens is 408 g/mol. The van der Waals surface area contributed by atoms with Crippen LogP contribution in [0, 0.1) is 0 Å². The summed E-state index contributed by atoms with van der Waals surface area (Å²) in [6.07, 6.45) is 1.75. The Morgan fingerprint density at radius 1 is 1.07 bits per heavy atom. The van der Waals surface area contributed by atoms with Gasteiger partial charge in [-0.15, -0.1) is 0 Å². The molecule has 2 aromatic carbocycles. The third-order valence-electron chi connectivity index (χ3n) is 4.67. The average molecular weight is 429 g/mol. The van der Waals surface area contributed by atoms with E-state index >= 15 is 0 Å². The van der Waals surface area contributed by atoms with Gasteiger partial charge < -0.3 is 10.1 Å². The van der Waals surface area contributed by atoms with Crippen LogP contribution in [0.15, 0.2) is 42.5 Å². The fraction of sp³-hybridized carbons (Fsp3) is 0.273. The van der Waals surface area contributed by atoms with Crippen LogP contribution in [0.3, 0.4) is 0 Å². The zero-order chi connectivity index (χ0) is 21.8. The molecule has 1 unspecified atom stereocenters. The van der Waals surface area contributed by atoms with Crippen LogP contribution >= 0.6 is 11.6 Å². The van der Waals surface area contributed by atoms with E-state index in [0.717, 1.165) is 17.7 Å². The zero-order valence-electron chi connectivity index (χ0n) is 16.6. The zero-order valence-corrected chi connectivity index (χ0v) is 17.4. The number of rotatable bonds is 7. The van der Waals surface area contributed by atoms with E-state index in [1.165, 1.54) is 18.2 Å². The first-order chi connectivity index (χ1) is 14.3. The van der Waals surface area contributed by atoms with Crippen molar-refractivity contribution in [3.8, 4) is 0 Å². The van der Waals surface area contributed by atoms with Crippen molar-refractivity contribution in [3.63, 3.8) is 0 Å². The van der Waals surface area contributed by atoms with Gasteiger partial charge in [-0.1, -0.05) is 24.9 Å². The van der Waals surface area contributed by atoms with Crippen molar-refractivity contribution in [1.82, 2.24) is 5.32 Å². The highest BCUT2D eigenvalue weighted by Gasteiger charge is 2.37. The minimum Gasteiger partial charge on any atom is -0.452 e. The summed E-state index contributed by atoms with van der Waals surface area (Å²) in [5.74, 6) is -2.17. The lowest BCUT2D eigenvalue weighted by Gasteiger charge is -2.13. The molecule has 0 radical (unpaired) electrons. The molecule has 2 aromatic rings. The number of nitrogens with zero attached hydrogens (tertiary/aromatic N) is 1. The van der Waals surface area contributed by atoms with Crippen molar-refractivity contribution < 1.29 is 23.9 Å². The number of anilines is 1. The molecule has 30 heavy (non-hydrogen) atoms. The standard InChI is InChI=1S/C22H21ClN2O5/c1-3-4-13(2)24-19(26)12-30-22(29)14-5-10-17-18(11-14)21(28)25(20(17)27)16-8-6-15(23)7-9-16/h5-11,13H,3-4,12H2,1-2H3,(H,24,26). The Morgan fingerprint density at radius 3 is 2.40 bits per heavy atom. The van der Waals surface area contributed by atoms with Gasteiger partial charge in [0, 0.05) is 11.1 Å². The molecule has 0 spiro atoms. The first kappa shape index (κ1) is 21.5. The molecule has 1 heterocycles. The van der Waals surface area contributed by atoms with E-state index in [0.29, 0.717) is 10.7 Å². The molecule has 1 aliphatic heterocycles. The second-order valence-electron chi connectivity index (χ2n) is 7.02. The van der Waals surface area contributed by atoms with E-state index in [1.54, 1.807) is 24.3 Å². The molecule has 0 aliphatic carbocycles. The number of ether oxygens (including phenoxy) is 1. The predicted octanol–water partition coefficient (Wildman–Crippen LogP) is 3.60. The number of amides is 3. The first-order valence-corrected chi connectivity index (χ1v) is 9.94. The van der Waals surface area contributed by atoms with Gasteiger partial charge in [0.25, 0.3) is 17.7 Å². The van der Waals surface area contributed by atoms with Crippen LogP contribution in [-0.2, 0) is 9.53 Å². The number of carbonyl (C=O) groups is 4. The lowest BCUT2D eigenvalue weighted by molar-refractivity contribution is -0.124. The van der Waals surface area contributed by atoms with Gasteiger partial charge in [-0.05, 0) is 55.8 Å². The third-order valence-corrected chi connectivity index (χ3v) is 4.92. The number of esters is 1. The molecule has 1 N–H and O–H groups in total. The molecule has 7 nitrogen and oxygen atoms in total. The van der Waals surface area contributed by atoms with E-state index in [-0.39, 0.29) is 22.7 Å². The average Bonchev–Trinajstić information content (AvgIpc) is 2.97. The summed E-state index contributed by atoms with van der Waals surface area (Å²) in [5.41, 5.74) is 0.762. The van der Waals surface area contributed by atoms with Crippen LogP contribution in [0.5, 0.6) is 0 Å². The SMILES string of the molecule is CCCC(C)NC(=O)COC(=O)c1ccc2c(c1)C(=O)N(c1ccc(Cl)cc1)C2=O. The normalized spacial score (nSPS) is 13.8. The lowest BCUT2D eigenvalue weighted by Crippen LogP contribution is -2.35. The minimum atomic E-state index is -0.749. The highest BCUT2D eigenvalue weighted by atomic mass is 35.5. The van der Waals surface area contributed by atoms with E-state index in [2.05, 4.69) is 5.32 Å². The van der Waals surface area contributed by atoms with Crippen molar-refractivity contribution in [3.05, 3.63) is 64.2 Å². The second kappa shape index (κ2) is 9.09. The highest BCUT2D eigenvalue weighted by Crippen LogP contribution is 2.30. The van der Waals surface area contributed by atoms with Gasteiger partial charge in [0.05, 0.1) is 22.4 Å². The summed E-state index contributed by atoms with van der Waals surface area (Å²) in [4.78, 5) is 50.6. The second-order valence-corrected chi connectivity index (χ2v) is 7.45. The van der Waals surface area contributed by atoms with Crippen molar-refractivity contribution in [2.75, 3.05) is 11.5 Å². The molecule has 0 saturated carbocycles. The summed E-state index contributed by atoms with van der Waals surface area (Å²) < 4.78 is 5.04. The van der Waals surface area contributed by atoms with Gasteiger partial charge in [0.15, 0.2) is 6.61 Å². The van der Waals surface area contributed by atoms with Crippen LogP contribution in [0.4, 0.5) is 5.69 Å². The Hall–Kier alpha value is -3.19. The summed E-state index contributed by atoms with van der Waals surface area (Å²) >= 11 is 5.86. The van der Waals surface area contributed by atoms with Gasteiger partial charge in [0.1, 0.15) is 0 Å². The monoisotopic (exact) mass is 428 g/mol. The lowest BCUT2D eigenvalue weighted by atomic mass is 10.1. The molecule has 156 valence electrons. The first-order valence-electron chi connectivity index (χ1n) is 9.56. The maximum absolute atomic E-state index is 12.8. The molecule has 3 amide bonds. The van der Waals surface area contributed by atoms with Crippen LogP contribution in [0.2, 0.25) is 5.02 Å². The third kappa shape index (κ3) is 4.52. The van der Waals surface area contributed by atoms with Crippen LogP contribution in [0.25, 0.3) is 0 Å². The van der Waals surface area contributed by atoms with Gasteiger partial charge in [-0.25, -0.2) is 9.69 Å². The Labute approximate surface area is 179 Å². The van der Waals surface area contributed by atoms with Gasteiger partial charge in [0.2, 0.25) is 0 Å². The largest absolute Gasteiger partial charge is 0.452 e. The number of nitrogens with one attached hydrogen (secondary N) is 1. The quantitative estimate of drug-likeness (QED) is 0.537. The topological polar surface area (TPSA) is 92.8 Å². The fourth-order valence-electron chi connectivity index (χ4n) is 3.23. The number of carbonyl (C=O) groups excluding carboxylic acids is 4. The smallest absolute Gasteiger partial charge is 0.338 e. The maximum Gasteiger partial charge on any atom is 0.338 e. The fourth-order valence-corrected chi connectivity index (χ4v) is 3.35. The van der Waals surface area contributed by atoms with Crippen LogP contribution < -0.4 is 10.2 Å². The molecule has 1 atom stereocenters. The molecule has 0 bridgehead atoms. The molecule has 0 fully saturated rings. The summed E-state index contributed by atoms with van der Waals surface area (Å²) in [5, 5.41) is 3.22. The van der Waals surface area contributed by atoms with E-state index in [9.17, 15) is 19.2 Å². The Kier molecular flexibility index (Phi) is 6.52. The Morgan fingerprint density at radius 2 is 1.73 bits per heavy atom. The van der Waals surface area contributed by atoms with E-state index < -0.39 is 30.3 Å². The van der Waals surface area contributed by atoms with E-state index in [1.807, 2.05) is 13.8 Å². The highest BCUT2D eigenvalue weighted by molar-refractivity contribution is 6.35. The molecule has 1 aliphatic rings. The summed E-state index contributed by atoms with van der Waals surface area (Å²) in [6, 6.07) is 10.4. The molecule has 3 rings (SSSR count). The molecular formula is C22H21ClN2O5. The van der Waals surface area contributed by atoms with Crippen molar-refractivity contribution in [2.45, 2.75) is 32.7 Å². The minimum absolute atomic E-state index is 0.0105. The number of hydrogen-bond donors (Lipinski definition) is 1. The van der Waals surface area contributed by atoms with Crippen molar-refractivity contribution in [2.24, 2.45) is 0 Å². The van der Waals surface area contributed by atoms with Gasteiger partial charge >= 0.3 is 5.97 Å². The predicted molar refractivity (Wildman–Crippen MR) is 112 cm³/mol. The van der Waals surface area contributed by atoms with E-state index in [4.69, 9.17) is 16.3 Å². The summed E-state index contributed by atoms with van der Waals surface area (Å²) in [7, 11) is 0. The van der Waals surface area contributed by atoms with Crippen molar-refractivity contribution in [1.29, 1.82) is 0 Å². The number of hydrogen-bond acceptors (Lipinski definition) is 5. The maximum atomic E-state index is 12.8. The molecule has 0 saturated heterocycles. The number of benzene rings is 2. The van der Waals surface area contributed by atoms with Gasteiger partial charge in [-0.3, -0.25) is 14.4 Å². The van der Waals surface area contributed by atoms with Crippen LogP contribution in [-0.4, -0.2) is 36.3 Å². The van der Waals surface area contributed by atoms with Crippen molar-refractivity contribution >= 4 is 41.0 Å². The Bertz CT molecular complexity index is 1000. The number of halogens is 1. The number of fused-ring (bicyclic) bond motifs is 1. The van der Waals surface area contributed by atoms with Gasteiger partial charge in [-0.2, -0.15) is 0 Å². The number of imide groups is 1. The Balaban J connectivity index is 1.71.